The Hall–Kier alpha value is -1.22. The van der Waals surface area contributed by atoms with Crippen LogP contribution in [0, 0.1) is 6.92 Å². The lowest BCUT2D eigenvalue weighted by Crippen LogP contribution is -2.37. The Kier molecular flexibility index (Phi) is 5.42. The third-order valence-electron chi connectivity index (χ3n) is 5.41. The number of aliphatic hydroxyl groups is 2. The van der Waals surface area contributed by atoms with Crippen molar-refractivity contribution in [3.63, 3.8) is 0 Å². The highest BCUT2D eigenvalue weighted by Gasteiger charge is 2.56. The first-order valence-corrected chi connectivity index (χ1v) is 10.4. The third kappa shape index (κ3) is 3.79. The van der Waals surface area contributed by atoms with Gasteiger partial charge >= 0.3 is 0 Å². The van der Waals surface area contributed by atoms with Crippen LogP contribution in [0.2, 0.25) is 6.82 Å². The van der Waals surface area contributed by atoms with Crippen molar-refractivity contribution in [1.29, 1.82) is 0 Å². The van der Waals surface area contributed by atoms with Crippen LogP contribution in [0.4, 0.5) is 0 Å². The zero-order valence-corrected chi connectivity index (χ0v) is 17.4. The summed E-state index contributed by atoms with van der Waals surface area (Å²) in [6.45, 7) is 7.67. The molecule has 5 atom stereocenters. The van der Waals surface area contributed by atoms with Crippen LogP contribution >= 0.6 is 11.3 Å². The number of aliphatic hydroxyl groups excluding tert-OH is 2. The molecule has 3 heterocycles. The molecule has 5 unspecified atom stereocenters. The van der Waals surface area contributed by atoms with Crippen LogP contribution in [-0.4, -0.2) is 47.9 Å². The van der Waals surface area contributed by atoms with E-state index in [4.69, 9.17) is 14.2 Å². The van der Waals surface area contributed by atoms with Crippen LogP contribution in [0.3, 0.4) is 0 Å². The monoisotopic (exact) mass is 401 g/mol. The normalized spacial score (nSPS) is 29.6. The van der Waals surface area contributed by atoms with Crippen molar-refractivity contribution >= 4 is 23.4 Å². The van der Waals surface area contributed by atoms with Gasteiger partial charge < -0.3 is 24.4 Å². The molecule has 0 spiro atoms. The number of benzene rings is 1. The second-order valence-corrected chi connectivity index (χ2v) is 9.16. The Morgan fingerprint density at radius 1 is 1.21 bits per heavy atom. The van der Waals surface area contributed by atoms with E-state index in [1.165, 1.54) is 15.2 Å². The molecule has 0 aliphatic carbocycles. The zero-order chi connectivity index (χ0) is 20.1. The number of ether oxygens (including phenoxy) is 3. The fourth-order valence-electron chi connectivity index (χ4n) is 3.87. The highest BCUT2D eigenvalue weighted by atomic mass is 32.1. The summed E-state index contributed by atoms with van der Waals surface area (Å²) in [7, 11) is 2.10. The third-order valence-corrected chi connectivity index (χ3v) is 6.56. The molecular formula is C21H26BO5S. The van der Waals surface area contributed by atoms with E-state index in [1.807, 2.05) is 25.0 Å². The summed E-state index contributed by atoms with van der Waals surface area (Å²) in [5.74, 6) is -0.793. The van der Waals surface area contributed by atoms with Crippen LogP contribution in [0.5, 0.6) is 0 Å². The molecule has 0 amide bonds. The molecule has 4 rings (SSSR count). The molecule has 1 radical (unpaired) electrons. The number of rotatable bonds is 5. The minimum atomic E-state index is -0.960. The quantitative estimate of drug-likeness (QED) is 0.753. The van der Waals surface area contributed by atoms with Crippen LogP contribution in [0.1, 0.15) is 41.5 Å². The molecule has 149 valence electrons. The summed E-state index contributed by atoms with van der Waals surface area (Å²) >= 11 is 1.77. The first-order chi connectivity index (χ1) is 13.3. The first-order valence-electron chi connectivity index (χ1n) is 9.62. The van der Waals surface area contributed by atoms with E-state index >= 15 is 0 Å². The predicted octanol–water partition coefficient (Wildman–Crippen LogP) is 2.30. The Bertz CT molecular complexity index is 851. The van der Waals surface area contributed by atoms with E-state index in [0.29, 0.717) is 0 Å². The second kappa shape index (κ2) is 7.56. The average Bonchev–Trinajstić information content (AvgIpc) is 3.30. The zero-order valence-electron chi connectivity index (χ0n) is 16.6. The fourth-order valence-corrected chi connectivity index (χ4v) is 4.79. The van der Waals surface area contributed by atoms with Crippen molar-refractivity contribution in [2.45, 2.75) is 70.5 Å². The molecule has 2 saturated heterocycles. The van der Waals surface area contributed by atoms with Gasteiger partial charge in [0.15, 0.2) is 19.4 Å². The summed E-state index contributed by atoms with van der Waals surface area (Å²) in [4.78, 5) is 1.28. The fraction of sp³-hybridized carbons (Fsp3) is 0.524. The average molecular weight is 401 g/mol. The van der Waals surface area contributed by atoms with Crippen LogP contribution in [0.25, 0.3) is 0 Å². The maximum atomic E-state index is 10.9. The van der Waals surface area contributed by atoms with Crippen molar-refractivity contribution in [3.8, 4) is 0 Å². The second-order valence-electron chi connectivity index (χ2n) is 7.96. The largest absolute Gasteiger partial charge is 0.387 e. The number of aryl methyl sites for hydroxylation is 1. The number of thiophene rings is 1. The highest BCUT2D eigenvalue weighted by Crippen LogP contribution is 2.41. The molecular weight excluding hydrogens is 375 g/mol. The van der Waals surface area contributed by atoms with Crippen molar-refractivity contribution in [1.82, 2.24) is 0 Å². The van der Waals surface area contributed by atoms with E-state index in [0.717, 1.165) is 17.5 Å². The van der Waals surface area contributed by atoms with Gasteiger partial charge in [-0.1, -0.05) is 31.1 Å². The molecule has 0 saturated carbocycles. The molecule has 2 aliphatic heterocycles. The van der Waals surface area contributed by atoms with Gasteiger partial charge in [0.1, 0.15) is 24.4 Å². The molecule has 1 aromatic heterocycles. The van der Waals surface area contributed by atoms with Crippen molar-refractivity contribution in [2.75, 3.05) is 0 Å². The van der Waals surface area contributed by atoms with E-state index in [9.17, 15) is 10.2 Å². The van der Waals surface area contributed by atoms with Crippen LogP contribution in [-0.2, 0) is 20.6 Å². The Morgan fingerprint density at radius 3 is 2.68 bits per heavy atom. The maximum absolute atomic E-state index is 10.9. The maximum Gasteiger partial charge on any atom is 0.190 e. The van der Waals surface area contributed by atoms with Gasteiger partial charge in [-0.15, -0.1) is 0 Å². The summed E-state index contributed by atoms with van der Waals surface area (Å²) in [5, 5.41) is 21.5. The van der Waals surface area contributed by atoms with Crippen LogP contribution in [0.15, 0.2) is 30.3 Å². The van der Waals surface area contributed by atoms with E-state index in [1.54, 1.807) is 25.2 Å². The number of fused-ring (bicyclic) bond motifs is 1. The van der Waals surface area contributed by atoms with Crippen LogP contribution < -0.4 is 4.78 Å². The lowest BCUT2D eigenvalue weighted by Gasteiger charge is -2.26. The smallest absolute Gasteiger partial charge is 0.190 e. The molecule has 7 heteroatoms. The Labute approximate surface area is 170 Å². The molecule has 2 aromatic rings. The molecule has 1 aromatic carbocycles. The molecule has 2 fully saturated rings. The SMILES string of the molecule is C[B]c1ccc(Cc2cc(C(O)C3OC4OC(C)(C)OC4C3O)ccc2C)s1. The lowest BCUT2D eigenvalue weighted by atomic mass is 9.81. The Balaban J connectivity index is 1.51. The van der Waals surface area contributed by atoms with Gasteiger partial charge in [0.25, 0.3) is 0 Å². The van der Waals surface area contributed by atoms with Gasteiger partial charge in [0.05, 0.1) is 0 Å². The van der Waals surface area contributed by atoms with E-state index in [-0.39, 0.29) is 0 Å². The summed E-state index contributed by atoms with van der Waals surface area (Å²) < 4.78 is 18.5. The minimum absolute atomic E-state index is 0.589. The molecule has 2 aliphatic rings. The Morgan fingerprint density at radius 2 is 2.00 bits per heavy atom. The molecule has 0 bridgehead atoms. The summed E-state index contributed by atoms with van der Waals surface area (Å²) in [6.07, 6.45) is -3.14. The topological polar surface area (TPSA) is 68.2 Å². The number of hydrogen-bond donors (Lipinski definition) is 2. The standard InChI is InChI=1S/C21H26BO5S/c1-11-5-6-12(9-13(11)10-14-7-8-15(22-4)28-14)16(23)18-17(24)19-20(25-18)27-21(2,3)26-19/h5-9,16-20,23-24H,10H2,1-4H3. The van der Waals surface area contributed by atoms with Crippen molar-refractivity contribution < 1.29 is 24.4 Å². The predicted molar refractivity (Wildman–Crippen MR) is 109 cm³/mol. The lowest BCUT2D eigenvalue weighted by molar-refractivity contribution is -0.226. The first kappa shape index (κ1) is 20.1. The van der Waals surface area contributed by atoms with Crippen molar-refractivity contribution in [3.05, 3.63) is 51.9 Å². The summed E-state index contributed by atoms with van der Waals surface area (Å²) in [5.41, 5.74) is 3.05. The molecule has 5 nitrogen and oxygen atoms in total. The molecule has 28 heavy (non-hydrogen) atoms. The highest BCUT2D eigenvalue weighted by molar-refractivity contribution is 7.21. The van der Waals surface area contributed by atoms with Crippen molar-refractivity contribution in [2.24, 2.45) is 0 Å². The van der Waals surface area contributed by atoms with Gasteiger partial charge in [-0.3, -0.25) is 0 Å². The van der Waals surface area contributed by atoms with Gasteiger partial charge in [0.2, 0.25) is 0 Å². The number of hydrogen-bond acceptors (Lipinski definition) is 6. The van der Waals surface area contributed by atoms with Gasteiger partial charge in [0, 0.05) is 11.3 Å². The van der Waals surface area contributed by atoms with E-state index in [2.05, 4.69) is 26.3 Å². The minimum Gasteiger partial charge on any atom is -0.387 e. The molecule has 2 N–H and O–H groups in total. The van der Waals surface area contributed by atoms with Gasteiger partial charge in [-0.2, -0.15) is 11.3 Å². The summed E-state index contributed by atoms with van der Waals surface area (Å²) in [6, 6.07) is 10.2. The van der Waals surface area contributed by atoms with Gasteiger partial charge in [-0.25, -0.2) is 0 Å². The van der Waals surface area contributed by atoms with E-state index < -0.39 is 36.5 Å². The van der Waals surface area contributed by atoms with Gasteiger partial charge in [-0.05, 0) is 48.3 Å².